The Morgan fingerprint density at radius 2 is 1.03 bits per heavy atom. The fourth-order valence-corrected chi connectivity index (χ4v) is 2.32. The van der Waals surface area contributed by atoms with Gasteiger partial charge in [-0.2, -0.15) is 0 Å². The molecule has 3 aromatic rings. The van der Waals surface area contributed by atoms with Gasteiger partial charge >= 0.3 is 23.9 Å². The maximum atomic E-state index is 10.7. The summed E-state index contributed by atoms with van der Waals surface area (Å²) < 4.78 is 0. The first-order chi connectivity index (χ1) is 13.0. The van der Waals surface area contributed by atoms with Crippen LogP contribution in [0.15, 0.2) is 97.1 Å². The van der Waals surface area contributed by atoms with E-state index in [4.69, 9.17) is 0 Å². The van der Waals surface area contributed by atoms with Gasteiger partial charge in [-0.05, 0) is 23.5 Å². The number of carbonyl (C=O) groups excluding carboxylic acids is 1. The summed E-state index contributed by atoms with van der Waals surface area (Å²) in [6.07, 6.45) is 1.03. The predicted octanol–water partition coefficient (Wildman–Crippen LogP) is 1.73. The molecule has 2 radical (unpaired) electrons. The van der Waals surface area contributed by atoms with Gasteiger partial charge in [-0.3, -0.25) is 0 Å². The Hall–Kier alpha value is -1.78. The molecule has 1 unspecified atom stereocenters. The number of carboxylic acid groups (broad SMARTS) is 1. The minimum Gasteiger partial charge on any atom is -1.00 e. The number of rotatable bonds is 4. The molecule has 0 amide bonds. The van der Waals surface area contributed by atoms with E-state index in [1.54, 1.807) is 6.92 Å². The van der Waals surface area contributed by atoms with E-state index in [-0.39, 0.29) is 36.3 Å². The molecule has 29 heavy (non-hydrogen) atoms. The average Bonchev–Trinajstić information content (AvgIpc) is 2.71. The van der Waals surface area contributed by atoms with Crippen LogP contribution in [0.2, 0.25) is 0 Å². The Labute approximate surface area is 198 Å². The summed E-state index contributed by atoms with van der Waals surface area (Å²) in [6, 6.07) is 31.7. The fourth-order valence-electron chi connectivity index (χ4n) is 2.32. The van der Waals surface area contributed by atoms with E-state index < -0.39 is 11.9 Å². The summed E-state index contributed by atoms with van der Waals surface area (Å²) in [4.78, 5) is 10.7. The molecule has 0 aromatic heterocycles. The summed E-state index contributed by atoms with van der Waals surface area (Å²) in [7, 11) is 0. The van der Waals surface area contributed by atoms with E-state index in [1.165, 1.54) is 5.56 Å². The van der Waals surface area contributed by atoms with Gasteiger partial charge in [-0.25, -0.2) is 0 Å². The second kappa shape index (κ2) is 18.3. The van der Waals surface area contributed by atoms with Gasteiger partial charge in [0.25, 0.3) is 0 Å². The number of carbonyl (C=O) groups is 1. The SMILES string of the molecule is CC(C)Cc1ccc(C(C)C(=O)[O-])cc1.[Cl-].[Sn+2].c1ccccc1.c1ccccc1. The quantitative estimate of drug-likeness (QED) is 0.497. The van der Waals surface area contributed by atoms with Crippen molar-refractivity contribution in [2.45, 2.75) is 33.1 Å². The molecule has 0 N–H and O–H groups in total. The normalized spacial score (nSPS) is 9.93. The zero-order valence-electron chi connectivity index (χ0n) is 17.3. The zero-order chi connectivity index (χ0) is 19.9. The van der Waals surface area contributed by atoms with Crippen molar-refractivity contribution in [2.75, 3.05) is 0 Å². The maximum Gasteiger partial charge on any atom is 2.00 e. The number of hydrogen-bond donors (Lipinski definition) is 0. The molecule has 0 heterocycles. The molecule has 1 atom stereocenters. The molecule has 0 aliphatic rings. The maximum absolute atomic E-state index is 10.7. The standard InChI is InChI=1S/C13H18O2.2C6H6.ClH.Sn/c1-9(2)8-11-4-6-12(7-5-11)10(3)13(14)15;2*1-2-4-6-5-3-1;;/h4-7,9-10H,8H2,1-3H3,(H,14,15);2*1-6H;1H;/q;;;;+2/p-2. The van der Waals surface area contributed by atoms with Crippen molar-refractivity contribution in [3.8, 4) is 0 Å². The summed E-state index contributed by atoms with van der Waals surface area (Å²) in [5.74, 6) is -0.931. The van der Waals surface area contributed by atoms with Crippen molar-refractivity contribution < 1.29 is 22.3 Å². The molecule has 0 bridgehead atoms. The number of benzene rings is 3. The van der Waals surface area contributed by atoms with Crippen molar-refractivity contribution in [3.05, 3.63) is 108 Å². The molecular weight excluding hydrogens is 486 g/mol. The zero-order valence-corrected chi connectivity index (χ0v) is 20.9. The number of carboxylic acids is 1. The second-order valence-electron chi connectivity index (χ2n) is 6.69. The second-order valence-corrected chi connectivity index (χ2v) is 6.69. The molecule has 0 aliphatic heterocycles. The van der Waals surface area contributed by atoms with E-state index >= 15 is 0 Å². The van der Waals surface area contributed by atoms with E-state index in [0.717, 1.165) is 12.0 Å². The summed E-state index contributed by atoms with van der Waals surface area (Å²) in [5.41, 5.74) is 2.06. The van der Waals surface area contributed by atoms with Crippen LogP contribution in [-0.4, -0.2) is 29.9 Å². The van der Waals surface area contributed by atoms with Crippen LogP contribution in [0, 0.1) is 5.92 Å². The van der Waals surface area contributed by atoms with Crippen LogP contribution in [0.25, 0.3) is 0 Å². The molecule has 0 saturated heterocycles. The third-order valence-electron chi connectivity index (χ3n) is 3.81. The van der Waals surface area contributed by atoms with Crippen molar-refractivity contribution in [3.63, 3.8) is 0 Å². The van der Waals surface area contributed by atoms with Gasteiger partial charge in [-0.15, -0.1) is 0 Å². The third-order valence-corrected chi connectivity index (χ3v) is 3.81. The van der Waals surface area contributed by atoms with Crippen LogP contribution in [0.3, 0.4) is 0 Å². The molecule has 4 heteroatoms. The molecular formula is C25H29ClO2Sn. The molecule has 0 saturated carbocycles. The van der Waals surface area contributed by atoms with Crippen molar-refractivity contribution in [1.29, 1.82) is 0 Å². The Balaban J connectivity index is 0. The van der Waals surface area contributed by atoms with E-state index in [1.807, 2.05) is 97.1 Å². The molecule has 3 aromatic carbocycles. The summed E-state index contributed by atoms with van der Waals surface area (Å²) >= 11 is 0. The monoisotopic (exact) mass is 516 g/mol. The number of aliphatic carboxylic acids is 1. The molecule has 0 aliphatic carbocycles. The molecule has 0 spiro atoms. The molecule has 0 fully saturated rings. The molecule has 2 nitrogen and oxygen atoms in total. The van der Waals surface area contributed by atoms with Gasteiger partial charge in [0.1, 0.15) is 0 Å². The minimum atomic E-state index is -1.02. The van der Waals surface area contributed by atoms with Crippen LogP contribution < -0.4 is 17.5 Å². The Morgan fingerprint density at radius 3 is 1.28 bits per heavy atom. The van der Waals surface area contributed by atoms with Crippen LogP contribution in [0.5, 0.6) is 0 Å². The van der Waals surface area contributed by atoms with Gasteiger partial charge in [0.05, 0.1) is 0 Å². The first kappa shape index (κ1) is 29.4. The number of halogens is 1. The van der Waals surface area contributed by atoms with Crippen LogP contribution in [0.1, 0.15) is 37.8 Å². The van der Waals surface area contributed by atoms with Crippen molar-refractivity contribution in [2.24, 2.45) is 5.92 Å². The van der Waals surface area contributed by atoms with Crippen LogP contribution in [-0.2, 0) is 11.2 Å². The average molecular weight is 516 g/mol. The summed E-state index contributed by atoms with van der Waals surface area (Å²) in [6.45, 7) is 5.97. The third kappa shape index (κ3) is 14.8. The van der Waals surface area contributed by atoms with Crippen LogP contribution >= 0.6 is 0 Å². The Morgan fingerprint density at radius 1 is 0.724 bits per heavy atom. The first-order valence-corrected chi connectivity index (χ1v) is 9.30. The largest absolute Gasteiger partial charge is 2.00 e. The van der Waals surface area contributed by atoms with Gasteiger partial charge in [0.15, 0.2) is 0 Å². The minimum absolute atomic E-state index is 0. The van der Waals surface area contributed by atoms with E-state index in [0.29, 0.717) is 5.92 Å². The number of hydrogen-bond acceptors (Lipinski definition) is 2. The summed E-state index contributed by atoms with van der Waals surface area (Å²) in [5, 5.41) is 10.7. The Bertz CT molecular complexity index is 647. The van der Waals surface area contributed by atoms with E-state index in [9.17, 15) is 9.90 Å². The van der Waals surface area contributed by atoms with E-state index in [2.05, 4.69) is 13.8 Å². The van der Waals surface area contributed by atoms with Gasteiger partial charge < -0.3 is 22.3 Å². The van der Waals surface area contributed by atoms with Crippen LogP contribution in [0.4, 0.5) is 0 Å². The van der Waals surface area contributed by atoms with Crippen molar-refractivity contribution >= 4 is 29.9 Å². The topological polar surface area (TPSA) is 40.1 Å². The molecule has 152 valence electrons. The van der Waals surface area contributed by atoms with Gasteiger partial charge in [-0.1, -0.05) is 118 Å². The fraction of sp³-hybridized carbons (Fsp3) is 0.240. The van der Waals surface area contributed by atoms with Gasteiger partial charge in [0, 0.05) is 11.9 Å². The van der Waals surface area contributed by atoms with Gasteiger partial charge in [0.2, 0.25) is 0 Å². The predicted molar refractivity (Wildman–Crippen MR) is 117 cm³/mol. The smallest absolute Gasteiger partial charge is 1.00 e. The first-order valence-electron chi connectivity index (χ1n) is 9.30. The Kier molecular flexibility index (Phi) is 18.5. The van der Waals surface area contributed by atoms with Crippen molar-refractivity contribution in [1.82, 2.24) is 0 Å². The molecule has 3 rings (SSSR count).